The van der Waals surface area contributed by atoms with Crippen molar-refractivity contribution in [3.63, 3.8) is 0 Å². The van der Waals surface area contributed by atoms with E-state index in [-0.39, 0.29) is 18.1 Å². The number of ether oxygens (including phenoxy) is 2. The van der Waals surface area contributed by atoms with Gasteiger partial charge in [-0.1, -0.05) is 41.4 Å². The molecule has 12 nitrogen and oxygen atoms in total. The molecule has 2 fully saturated rings. The van der Waals surface area contributed by atoms with Crippen LogP contribution in [0.2, 0.25) is 10.0 Å². The maximum absolute atomic E-state index is 13.8. The van der Waals surface area contributed by atoms with Crippen molar-refractivity contribution in [2.24, 2.45) is 4.99 Å². The number of rotatable bonds is 10. The first-order valence-corrected chi connectivity index (χ1v) is 17.2. The number of carboxylic acid groups (broad SMARTS) is 1. The number of nitrogens with one attached hydrogen (secondary N) is 1. The molecule has 2 amide bonds. The molecule has 258 valence electrons. The minimum absolute atomic E-state index is 0.128. The van der Waals surface area contributed by atoms with E-state index >= 15 is 0 Å². The third kappa shape index (κ3) is 6.65. The molecule has 2 saturated heterocycles. The number of amidine groups is 1. The predicted molar refractivity (Wildman–Crippen MR) is 188 cm³/mol. The Morgan fingerprint density at radius 3 is 2.51 bits per heavy atom. The van der Waals surface area contributed by atoms with E-state index in [0.717, 1.165) is 0 Å². The number of aliphatic imine (C=N–C) groups is 1. The van der Waals surface area contributed by atoms with Gasteiger partial charge >= 0.3 is 18.0 Å². The van der Waals surface area contributed by atoms with Gasteiger partial charge in [0.05, 0.1) is 36.8 Å². The summed E-state index contributed by atoms with van der Waals surface area (Å²) in [7, 11) is 2.95. The molecule has 3 aliphatic heterocycles. The van der Waals surface area contributed by atoms with Crippen molar-refractivity contribution in [2.75, 3.05) is 51.9 Å². The van der Waals surface area contributed by atoms with Gasteiger partial charge in [0.25, 0.3) is 0 Å². The lowest BCUT2D eigenvalue weighted by Gasteiger charge is -2.44. The summed E-state index contributed by atoms with van der Waals surface area (Å²) in [5, 5.41) is 16.3. The van der Waals surface area contributed by atoms with Crippen LogP contribution in [0.25, 0.3) is 0 Å². The summed E-state index contributed by atoms with van der Waals surface area (Å²) < 4.78 is 11.0. The lowest BCUT2D eigenvalue weighted by Crippen LogP contribution is -2.61. The maximum atomic E-state index is 13.8. The molecular weight excluding hydrogens is 691 g/mol. The Kier molecular flexibility index (Phi) is 10.0. The quantitative estimate of drug-likeness (QED) is 0.278. The molecule has 3 aromatic rings. The fraction of sp³-hybridized carbons (Fsp3) is 0.382. The number of hydrogen-bond acceptors (Lipinski definition) is 10. The van der Waals surface area contributed by atoms with Crippen LogP contribution >= 0.6 is 34.5 Å². The Morgan fingerprint density at radius 1 is 1.12 bits per heavy atom. The first-order valence-electron chi connectivity index (χ1n) is 15.6. The van der Waals surface area contributed by atoms with Crippen LogP contribution in [0.15, 0.2) is 70.3 Å². The third-order valence-electron chi connectivity index (χ3n) is 9.35. The highest BCUT2D eigenvalue weighted by Gasteiger charge is 2.47. The zero-order valence-corrected chi connectivity index (χ0v) is 29.7. The molecule has 0 unspecified atom stereocenters. The second-order valence-electron chi connectivity index (χ2n) is 12.5. The van der Waals surface area contributed by atoms with Crippen molar-refractivity contribution in [3.8, 4) is 0 Å². The number of aromatic nitrogens is 1. The average molecular weight is 728 g/mol. The zero-order valence-electron chi connectivity index (χ0n) is 27.4. The number of urea groups is 1. The Balaban J connectivity index is 1.33. The highest BCUT2D eigenvalue weighted by Crippen LogP contribution is 2.38. The number of fused-ring (bicyclic) bond motifs is 1. The number of carbonyl (C=O) groups is 3. The third-order valence-corrected chi connectivity index (χ3v) is 10.7. The minimum atomic E-state index is -1.07. The summed E-state index contributed by atoms with van der Waals surface area (Å²) in [6.45, 7) is 5.27. The lowest BCUT2D eigenvalue weighted by molar-refractivity contribution is -0.142. The molecule has 0 aliphatic carbocycles. The number of thiazole rings is 1. The number of carboxylic acids is 1. The van der Waals surface area contributed by atoms with E-state index in [1.165, 1.54) is 18.4 Å². The van der Waals surface area contributed by atoms with Crippen molar-refractivity contribution >= 4 is 64.0 Å². The van der Waals surface area contributed by atoms with Gasteiger partial charge in [0.2, 0.25) is 0 Å². The standard InChI is InChI=1S/C34H36Cl2N6O6S/c1-34(2,32(44)45)19-5-8-21(9-6-19)42-17-25-26(18-47-3)40(12-13-41(25)33(42)46)16-24-27(31(43)48-4)28(22-10-7-20(35)15-23(22)36)39-29(38-24)30-37-11-14-49-30/h5-11,14-15,25-26,28H,12-13,16-18H2,1-4H3,(H,38,39)(H,44,45)/t25-,26-,28+/m1/s1. The Bertz CT molecular complexity index is 1820. The first kappa shape index (κ1) is 34.8. The molecule has 2 aromatic carbocycles. The number of aliphatic carboxylic acids is 1. The maximum Gasteiger partial charge on any atom is 0.338 e. The number of nitrogens with zero attached hydrogens (tertiary/aromatic N) is 5. The van der Waals surface area contributed by atoms with Gasteiger partial charge in [-0.15, -0.1) is 11.3 Å². The normalized spacial score (nSPS) is 21.4. The Labute approximate surface area is 297 Å². The van der Waals surface area contributed by atoms with Gasteiger partial charge in [0.15, 0.2) is 10.8 Å². The highest BCUT2D eigenvalue weighted by molar-refractivity contribution is 7.11. The van der Waals surface area contributed by atoms with E-state index in [9.17, 15) is 19.5 Å². The van der Waals surface area contributed by atoms with Crippen LogP contribution in [0, 0.1) is 0 Å². The smallest absolute Gasteiger partial charge is 0.338 e. The monoisotopic (exact) mass is 726 g/mol. The topological polar surface area (TPSA) is 137 Å². The molecule has 0 spiro atoms. The Morgan fingerprint density at radius 2 is 1.88 bits per heavy atom. The number of carbonyl (C=O) groups excluding carboxylic acids is 2. The number of halogens is 2. The van der Waals surface area contributed by atoms with Gasteiger partial charge in [-0.2, -0.15) is 0 Å². The molecule has 49 heavy (non-hydrogen) atoms. The molecule has 3 aliphatic rings. The van der Waals surface area contributed by atoms with Crippen molar-refractivity contribution in [2.45, 2.75) is 37.4 Å². The van der Waals surface area contributed by atoms with Gasteiger partial charge in [0, 0.05) is 71.9 Å². The van der Waals surface area contributed by atoms with E-state index in [2.05, 4.69) is 15.2 Å². The molecule has 3 atom stereocenters. The molecule has 15 heteroatoms. The van der Waals surface area contributed by atoms with Gasteiger partial charge < -0.3 is 24.8 Å². The molecule has 6 rings (SSSR count). The van der Waals surface area contributed by atoms with E-state index in [1.54, 1.807) is 74.5 Å². The predicted octanol–water partition coefficient (Wildman–Crippen LogP) is 4.97. The fourth-order valence-electron chi connectivity index (χ4n) is 6.55. The number of esters is 1. The van der Waals surface area contributed by atoms with E-state index in [4.69, 9.17) is 37.7 Å². The molecule has 0 radical (unpaired) electrons. The molecule has 2 N–H and O–H groups in total. The van der Waals surface area contributed by atoms with Crippen molar-refractivity contribution in [1.82, 2.24) is 20.1 Å². The van der Waals surface area contributed by atoms with Crippen LogP contribution in [-0.4, -0.2) is 103 Å². The number of benzene rings is 2. The van der Waals surface area contributed by atoms with Crippen molar-refractivity contribution in [1.29, 1.82) is 0 Å². The fourth-order valence-corrected chi connectivity index (χ4v) is 7.65. The molecule has 1 aromatic heterocycles. The molecule has 4 heterocycles. The van der Waals surface area contributed by atoms with Crippen LogP contribution in [0.4, 0.5) is 10.5 Å². The summed E-state index contributed by atoms with van der Waals surface area (Å²) in [5.74, 6) is -0.992. The number of anilines is 1. The largest absolute Gasteiger partial charge is 0.481 e. The zero-order chi connectivity index (χ0) is 35.0. The first-order chi connectivity index (χ1) is 23.4. The van der Waals surface area contributed by atoms with Gasteiger partial charge in [-0.05, 0) is 43.7 Å². The summed E-state index contributed by atoms with van der Waals surface area (Å²) in [6, 6.07) is 10.8. The molecular formula is C34H36Cl2N6O6S. The molecule has 0 saturated carbocycles. The second kappa shape index (κ2) is 14.1. The van der Waals surface area contributed by atoms with E-state index in [0.29, 0.717) is 81.8 Å². The number of piperazine rings is 1. The lowest BCUT2D eigenvalue weighted by atomic mass is 9.85. The number of hydrogen-bond donors (Lipinski definition) is 2. The van der Waals surface area contributed by atoms with Crippen LogP contribution in [-0.2, 0) is 24.5 Å². The summed E-state index contributed by atoms with van der Waals surface area (Å²) >= 11 is 14.3. The van der Waals surface area contributed by atoms with Crippen LogP contribution < -0.4 is 10.2 Å². The molecule has 0 bridgehead atoms. The van der Waals surface area contributed by atoms with Gasteiger partial charge in [-0.25, -0.2) is 14.6 Å². The summed E-state index contributed by atoms with van der Waals surface area (Å²) in [4.78, 5) is 54.2. The summed E-state index contributed by atoms with van der Waals surface area (Å²) in [6.07, 6.45) is 1.69. The van der Waals surface area contributed by atoms with Gasteiger partial charge in [-0.3, -0.25) is 19.6 Å². The van der Waals surface area contributed by atoms with E-state index < -0.39 is 23.4 Å². The van der Waals surface area contributed by atoms with Crippen LogP contribution in [0.3, 0.4) is 0 Å². The minimum Gasteiger partial charge on any atom is -0.481 e. The number of amides is 2. The summed E-state index contributed by atoms with van der Waals surface area (Å²) in [5.41, 5.74) is 1.73. The Hall–Kier alpha value is -4.01. The van der Waals surface area contributed by atoms with Crippen molar-refractivity contribution < 1.29 is 29.0 Å². The van der Waals surface area contributed by atoms with E-state index in [1.807, 2.05) is 10.3 Å². The van der Waals surface area contributed by atoms with Gasteiger partial charge in [0.1, 0.15) is 6.04 Å². The highest BCUT2D eigenvalue weighted by atomic mass is 35.5. The average Bonchev–Trinajstić information content (AvgIpc) is 3.74. The second-order valence-corrected chi connectivity index (χ2v) is 14.3. The van der Waals surface area contributed by atoms with Crippen LogP contribution in [0.5, 0.6) is 0 Å². The van der Waals surface area contributed by atoms with Crippen molar-refractivity contribution in [3.05, 3.63) is 91.5 Å². The SMILES string of the molecule is COC[C@@H]1[C@H]2CN(c3ccc(C(C)(C)C(=O)O)cc3)C(=O)N2CCN1CC1=C(C(=O)OC)[C@H](c2ccc(Cl)cc2Cl)N=C(c2nccs2)N1. The van der Waals surface area contributed by atoms with Crippen LogP contribution in [0.1, 0.15) is 36.0 Å². The number of methoxy groups -OCH3 is 2.